The monoisotopic (exact) mass is 423 g/mol. The molecule has 3 heterocycles. The van der Waals surface area contributed by atoms with Crippen LogP contribution in [0.25, 0.3) is 28.0 Å². The van der Waals surface area contributed by atoms with E-state index in [1.807, 2.05) is 30.5 Å². The summed E-state index contributed by atoms with van der Waals surface area (Å²) >= 11 is 0. The van der Waals surface area contributed by atoms with Crippen LogP contribution in [-0.2, 0) is 11.3 Å². The molecule has 1 atom stereocenters. The molecule has 0 saturated carbocycles. The van der Waals surface area contributed by atoms with Gasteiger partial charge in [0.1, 0.15) is 5.82 Å². The number of hydrazine groups is 1. The first-order valence-electron chi connectivity index (χ1n) is 10.3. The van der Waals surface area contributed by atoms with Crippen molar-refractivity contribution in [2.45, 2.75) is 26.5 Å². The number of anilines is 1. The summed E-state index contributed by atoms with van der Waals surface area (Å²) in [7, 11) is 1.74. The molecular formula is C22H29N7O2. The number of nitrogens with one attached hydrogen (secondary N) is 1. The first-order chi connectivity index (χ1) is 14.9. The maximum absolute atomic E-state index is 9.76. The van der Waals surface area contributed by atoms with Crippen LogP contribution in [0, 0.1) is 0 Å². The van der Waals surface area contributed by atoms with Crippen molar-refractivity contribution < 1.29 is 9.84 Å². The van der Waals surface area contributed by atoms with Crippen LogP contribution in [0.4, 0.5) is 5.82 Å². The van der Waals surface area contributed by atoms with Crippen molar-refractivity contribution in [1.29, 1.82) is 0 Å². The Bertz CT molecular complexity index is 1120. The number of nitrogens with zero attached hydrogens (tertiary/aromatic N) is 4. The molecule has 3 aromatic rings. The lowest BCUT2D eigenvalue weighted by Gasteiger charge is -2.34. The second-order valence-corrected chi connectivity index (χ2v) is 7.94. The number of aliphatic hydroxyl groups excluding tert-OH is 1. The summed E-state index contributed by atoms with van der Waals surface area (Å²) in [6.45, 7) is 5.83. The zero-order valence-corrected chi connectivity index (χ0v) is 18.1. The SMILES string of the molecule is C/C(N)=C(\c1cc(N2CCOCC2C)nc(-c2cc(CO)cc3[nH]ccc23)n1)N(C)N. The van der Waals surface area contributed by atoms with Gasteiger partial charge in [-0.05, 0) is 37.6 Å². The number of fused-ring (bicyclic) bond motifs is 1. The van der Waals surface area contributed by atoms with Crippen LogP contribution in [0.2, 0.25) is 0 Å². The second kappa shape index (κ2) is 8.54. The molecule has 0 aliphatic carbocycles. The lowest BCUT2D eigenvalue weighted by Crippen LogP contribution is -2.44. The lowest BCUT2D eigenvalue weighted by atomic mass is 10.0. The molecule has 4 rings (SSSR count). The number of hydrogen-bond acceptors (Lipinski definition) is 8. The predicted octanol–water partition coefficient (Wildman–Crippen LogP) is 1.79. The molecule has 0 bridgehead atoms. The van der Waals surface area contributed by atoms with Crippen LogP contribution in [0.3, 0.4) is 0 Å². The van der Waals surface area contributed by atoms with E-state index in [0.29, 0.717) is 36.1 Å². The smallest absolute Gasteiger partial charge is 0.162 e. The number of aromatic nitrogens is 3. The van der Waals surface area contributed by atoms with Crippen LogP contribution in [-0.4, -0.2) is 57.9 Å². The molecule has 0 spiro atoms. The van der Waals surface area contributed by atoms with E-state index in [4.69, 9.17) is 26.3 Å². The fraction of sp³-hybridized carbons (Fsp3) is 0.364. The zero-order chi connectivity index (χ0) is 22.1. The number of benzene rings is 1. The highest BCUT2D eigenvalue weighted by atomic mass is 16.5. The number of aromatic amines is 1. The fourth-order valence-corrected chi connectivity index (χ4v) is 4.05. The number of aliphatic hydroxyl groups is 1. The van der Waals surface area contributed by atoms with E-state index in [2.05, 4.69) is 16.8 Å². The number of rotatable bonds is 5. The van der Waals surface area contributed by atoms with Crippen LogP contribution in [0.1, 0.15) is 25.1 Å². The quantitative estimate of drug-likeness (QED) is 0.361. The van der Waals surface area contributed by atoms with Gasteiger partial charge in [-0.15, -0.1) is 0 Å². The molecule has 164 valence electrons. The third-order valence-electron chi connectivity index (χ3n) is 5.50. The number of nitrogens with two attached hydrogens (primary N) is 2. The van der Waals surface area contributed by atoms with Gasteiger partial charge >= 0.3 is 0 Å². The molecule has 2 aromatic heterocycles. The number of allylic oxidation sites excluding steroid dienone is 1. The third-order valence-corrected chi connectivity index (χ3v) is 5.50. The maximum Gasteiger partial charge on any atom is 0.162 e. The van der Waals surface area contributed by atoms with Crippen LogP contribution >= 0.6 is 0 Å². The van der Waals surface area contributed by atoms with E-state index in [0.717, 1.165) is 34.4 Å². The molecule has 1 aliphatic heterocycles. The second-order valence-electron chi connectivity index (χ2n) is 7.94. The van der Waals surface area contributed by atoms with Gasteiger partial charge in [-0.3, -0.25) is 0 Å². The Hall–Kier alpha value is -3.14. The topological polar surface area (TPSA) is 130 Å². The maximum atomic E-state index is 9.76. The van der Waals surface area contributed by atoms with Gasteiger partial charge in [0.15, 0.2) is 5.82 Å². The van der Waals surface area contributed by atoms with E-state index in [9.17, 15) is 5.11 Å². The minimum absolute atomic E-state index is 0.0758. The minimum atomic E-state index is -0.0758. The highest BCUT2D eigenvalue weighted by Gasteiger charge is 2.24. The van der Waals surface area contributed by atoms with Gasteiger partial charge < -0.3 is 30.5 Å². The van der Waals surface area contributed by atoms with E-state index >= 15 is 0 Å². The Kier molecular flexibility index (Phi) is 5.81. The molecule has 0 radical (unpaired) electrons. The summed E-state index contributed by atoms with van der Waals surface area (Å²) in [4.78, 5) is 15.2. The van der Waals surface area contributed by atoms with Crippen LogP contribution in [0.5, 0.6) is 0 Å². The molecule has 31 heavy (non-hydrogen) atoms. The van der Waals surface area contributed by atoms with E-state index in [1.54, 1.807) is 14.0 Å². The molecule has 9 heteroatoms. The molecule has 1 unspecified atom stereocenters. The number of ether oxygens (including phenoxy) is 1. The van der Waals surface area contributed by atoms with Crippen molar-refractivity contribution in [3.8, 4) is 11.4 Å². The van der Waals surface area contributed by atoms with Crippen molar-refractivity contribution in [2.75, 3.05) is 31.7 Å². The number of morpholine rings is 1. The Morgan fingerprint density at radius 1 is 1.35 bits per heavy atom. The van der Waals surface area contributed by atoms with Crippen molar-refractivity contribution in [3.05, 3.63) is 47.4 Å². The first kappa shape index (κ1) is 21.1. The van der Waals surface area contributed by atoms with Crippen molar-refractivity contribution >= 4 is 22.4 Å². The van der Waals surface area contributed by atoms with Gasteiger partial charge in [0.2, 0.25) is 0 Å². The number of hydrogen-bond donors (Lipinski definition) is 4. The van der Waals surface area contributed by atoms with Crippen molar-refractivity contribution in [3.63, 3.8) is 0 Å². The summed E-state index contributed by atoms with van der Waals surface area (Å²) < 4.78 is 5.61. The lowest BCUT2D eigenvalue weighted by molar-refractivity contribution is 0.0985. The minimum Gasteiger partial charge on any atom is -0.400 e. The summed E-state index contributed by atoms with van der Waals surface area (Å²) in [5, 5.41) is 12.2. The van der Waals surface area contributed by atoms with Gasteiger partial charge in [-0.25, -0.2) is 15.8 Å². The Morgan fingerprint density at radius 2 is 2.16 bits per heavy atom. The highest BCUT2D eigenvalue weighted by molar-refractivity contribution is 5.94. The molecule has 1 aromatic carbocycles. The molecule has 1 saturated heterocycles. The molecule has 6 N–H and O–H groups in total. The standard InChI is InChI=1S/C22H29N7O2/c1-13-12-31-7-6-29(13)20-10-19(21(14(2)23)28(3)24)26-22(27-20)17-8-15(11-30)9-18-16(17)4-5-25-18/h4-5,8-10,13,25,30H,6-7,11-12,23-24H2,1-3H3/b21-14-. The van der Waals surface area contributed by atoms with Gasteiger partial charge in [-0.2, -0.15) is 0 Å². The van der Waals surface area contributed by atoms with Crippen LogP contribution in [0.15, 0.2) is 36.2 Å². The van der Waals surface area contributed by atoms with Gasteiger partial charge in [0, 0.05) is 48.0 Å². The molecular weight excluding hydrogens is 394 g/mol. The predicted molar refractivity (Wildman–Crippen MR) is 122 cm³/mol. The normalized spacial score (nSPS) is 17.7. The van der Waals surface area contributed by atoms with Crippen molar-refractivity contribution in [1.82, 2.24) is 20.0 Å². The number of H-pyrrole nitrogens is 1. The highest BCUT2D eigenvalue weighted by Crippen LogP contribution is 2.32. The Morgan fingerprint density at radius 3 is 2.84 bits per heavy atom. The summed E-state index contributed by atoms with van der Waals surface area (Å²) in [6.07, 6.45) is 1.87. The Labute approximate surface area is 181 Å². The van der Waals surface area contributed by atoms with Crippen molar-refractivity contribution in [2.24, 2.45) is 11.6 Å². The van der Waals surface area contributed by atoms with E-state index < -0.39 is 0 Å². The largest absolute Gasteiger partial charge is 0.400 e. The molecule has 0 amide bonds. The van der Waals surface area contributed by atoms with Gasteiger partial charge in [0.05, 0.1) is 37.3 Å². The summed E-state index contributed by atoms with van der Waals surface area (Å²) in [6, 6.07) is 7.93. The molecule has 9 nitrogen and oxygen atoms in total. The first-order valence-corrected chi connectivity index (χ1v) is 10.3. The average molecular weight is 424 g/mol. The molecule has 1 aliphatic rings. The average Bonchev–Trinajstić information content (AvgIpc) is 3.21. The summed E-state index contributed by atoms with van der Waals surface area (Å²) in [5.41, 5.74) is 10.5. The van der Waals surface area contributed by atoms with E-state index in [-0.39, 0.29) is 12.6 Å². The fourth-order valence-electron chi connectivity index (χ4n) is 4.05. The van der Waals surface area contributed by atoms with Gasteiger partial charge in [-0.1, -0.05) is 0 Å². The van der Waals surface area contributed by atoms with Crippen LogP contribution < -0.4 is 16.5 Å². The molecule has 1 fully saturated rings. The zero-order valence-electron chi connectivity index (χ0n) is 18.1. The van der Waals surface area contributed by atoms with Gasteiger partial charge in [0.25, 0.3) is 0 Å². The summed E-state index contributed by atoms with van der Waals surface area (Å²) in [5.74, 6) is 7.43. The van der Waals surface area contributed by atoms with E-state index in [1.165, 1.54) is 5.01 Å². The third kappa shape index (κ3) is 4.07. The Balaban J connectivity index is 1.96.